The number of fused-ring (bicyclic) bond motifs is 1. The molecule has 0 spiro atoms. The van der Waals surface area contributed by atoms with E-state index in [9.17, 15) is 8.42 Å². The first-order chi connectivity index (χ1) is 13.5. The summed E-state index contributed by atoms with van der Waals surface area (Å²) in [7, 11) is -3.63. The molecule has 1 heterocycles. The Labute approximate surface area is 171 Å². The van der Waals surface area contributed by atoms with E-state index in [4.69, 9.17) is 11.6 Å². The third-order valence-electron chi connectivity index (χ3n) is 5.34. The predicted molar refractivity (Wildman–Crippen MR) is 114 cm³/mol. The molecule has 28 heavy (non-hydrogen) atoms. The van der Waals surface area contributed by atoms with Crippen molar-refractivity contribution in [1.29, 1.82) is 0 Å². The van der Waals surface area contributed by atoms with Crippen molar-refractivity contribution in [2.45, 2.75) is 23.8 Å². The SMILES string of the molecule is O=S(=O)(NC[C@@H](c1cccc2ccccc12)N1CCCC1)c1cccc(Cl)c1. The molecule has 3 aromatic rings. The lowest BCUT2D eigenvalue weighted by Gasteiger charge is -2.29. The van der Waals surface area contributed by atoms with E-state index in [-0.39, 0.29) is 10.9 Å². The van der Waals surface area contributed by atoms with E-state index >= 15 is 0 Å². The first-order valence-electron chi connectivity index (χ1n) is 9.51. The van der Waals surface area contributed by atoms with E-state index in [1.165, 1.54) is 16.8 Å². The Morgan fingerprint density at radius 1 is 0.964 bits per heavy atom. The highest BCUT2D eigenvalue weighted by Crippen LogP contribution is 2.30. The van der Waals surface area contributed by atoms with Crippen LogP contribution < -0.4 is 4.72 Å². The van der Waals surface area contributed by atoms with Crippen molar-refractivity contribution in [3.8, 4) is 0 Å². The Morgan fingerprint density at radius 3 is 2.46 bits per heavy atom. The lowest BCUT2D eigenvalue weighted by atomic mass is 9.98. The van der Waals surface area contributed by atoms with Crippen LogP contribution in [0.4, 0.5) is 0 Å². The second-order valence-electron chi connectivity index (χ2n) is 7.14. The second-order valence-corrected chi connectivity index (χ2v) is 9.34. The molecule has 4 nitrogen and oxygen atoms in total. The molecule has 0 amide bonds. The minimum absolute atomic E-state index is 0.0115. The summed E-state index contributed by atoms with van der Waals surface area (Å²) < 4.78 is 28.4. The molecule has 1 N–H and O–H groups in total. The van der Waals surface area contributed by atoms with Gasteiger partial charge in [-0.1, -0.05) is 60.1 Å². The monoisotopic (exact) mass is 414 g/mol. The third kappa shape index (κ3) is 4.08. The maximum atomic E-state index is 12.8. The van der Waals surface area contributed by atoms with Crippen molar-refractivity contribution >= 4 is 32.4 Å². The van der Waals surface area contributed by atoms with Gasteiger partial charge in [-0.2, -0.15) is 0 Å². The normalized spacial score (nSPS) is 16.5. The molecule has 1 aliphatic heterocycles. The zero-order chi connectivity index (χ0) is 19.6. The van der Waals surface area contributed by atoms with E-state index in [0.717, 1.165) is 31.5 Å². The fourth-order valence-electron chi connectivity index (χ4n) is 3.94. The van der Waals surface area contributed by atoms with E-state index in [0.29, 0.717) is 11.6 Å². The molecule has 0 bridgehead atoms. The van der Waals surface area contributed by atoms with Gasteiger partial charge >= 0.3 is 0 Å². The Bertz CT molecular complexity index is 1070. The van der Waals surface area contributed by atoms with Crippen molar-refractivity contribution in [2.75, 3.05) is 19.6 Å². The number of benzene rings is 3. The van der Waals surface area contributed by atoms with Gasteiger partial charge in [0.25, 0.3) is 0 Å². The molecule has 0 saturated carbocycles. The molecule has 1 fully saturated rings. The van der Waals surface area contributed by atoms with Gasteiger partial charge in [0.2, 0.25) is 10.0 Å². The number of likely N-dealkylation sites (tertiary alicyclic amines) is 1. The molecule has 1 aliphatic rings. The Morgan fingerprint density at radius 2 is 1.68 bits per heavy atom. The maximum absolute atomic E-state index is 12.8. The summed E-state index contributed by atoms with van der Waals surface area (Å²) >= 11 is 5.98. The highest BCUT2D eigenvalue weighted by Gasteiger charge is 2.26. The molecule has 4 rings (SSSR count). The van der Waals surface area contributed by atoms with Gasteiger partial charge in [-0.25, -0.2) is 13.1 Å². The zero-order valence-electron chi connectivity index (χ0n) is 15.5. The largest absolute Gasteiger partial charge is 0.295 e. The minimum Gasteiger partial charge on any atom is -0.295 e. The van der Waals surface area contributed by atoms with Crippen molar-refractivity contribution < 1.29 is 8.42 Å². The van der Waals surface area contributed by atoms with Gasteiger partial charge < -0.3 is 0 Å². The molecule has 1 saturated heterocycles. The minimum atomic E-state index is -3.63. The lowest BCUT2D eigenvalue weighted by molar-refractivity contribution is 0.248. The number of nitrogens with one attached hydrogen (secondary N) is 1. The summed E-state index contributed by atoms with van der Waals surface area (Å²) in [6.45, 7) is 2.28. The number of hydrogen-bond acceptors (Lipinski definition) is 3. The number of hydrogen-bond donors (Lipinski definition) is 1. The second kappa shape index (κ2) is 8.21. The average Bonchev–Trinajstić information content (AvgIpc) is 3.23. The van der Waals surface area contributed by atoms with Gasteiger partial charge in [-0.3, -0.25) is 4.90 Å². The zero-order valence-corrected chi connectivity index (χ0v) is 17.1. The molecule has 0 aromatic heterocycles. The smallest absolute Gasteiger partial charge is 0.240 e. The molecular weight excluding hydrogens is 392 g/mol. The van der Waals surface area contributed by atoms with Gasteiger partial charge in [0.15, 0.2) is 0 Å². The van der Waals surface area contributed by atoms with Gasteiger partial charge in [0.1, 0.15) is 0 Å². The van der Waals surface area contributed by atoms with Gasteiger partial charge in [0.05, 0.1) is 4.90 Å². The van der Waals surface area contributed by atoms with E-state index < -0.39 is 10.0 Å². The first-order valence-corrected chi connectivity index (χ1v) is 11.4. The molecular formula is C22H23ClN2O2S. The highest BCUT2D eigenvalue weighted by atomic mass is 35.5. The molecule has 146 valence electrons. The summed E-state index contributed by atoms with van der Waals surface area (Å²) in [4.78, 5) is 2.57. The molecule has 3 aromatic carbocycles. The maximum Gasteiger partial charge on any atom is 0.240 e. The number of sulfonamides is 1. The Hall–Kier alpha value is -1.92. The van der Waals surface area contributed by atoms with Gasteiger partial charge in [-0.05, 0) is 60.5 Å². The summed E-state index contributed by atoms with van der Waals surface area (Å²) in [6, 6.07) is 20.9. The standard InChI is InChI=1S/C22H23ClN2O2S/c23-18-9-6-10-19(15-18)28(26,27)24-16-22(25-13-3-4-14-25)21-12-5-8-17-7-1-2-11-20(17)21/h1-2,5-12,15,22,24H,3-4,13-14,16H2/t22-/m0/s1. The summed E-state index contributed by atoms with van der Waals surface area (Å²) in [5.41, 5.74) is 1.16. The van der Waals surface area contributed by atoms with E-state index in [2.05, 4.69) is 33.9 Å². The van der Waals surface area contributed by atoms with E-state index in [1.54, 1.807) is 18.2 Å². The lowest BCUT2D eigenvalue weighted by Crippen LogP contribution is -2.36. The van der Waals surface area contributed by atoms with Crippen molar-refractivity contribution in [3.63, 3.8) is 0 Å². The molecule has 0 unspecified atom stereocenters. The van der Waals surface area contributed by atoms with Crippen molar-refractivity contribution in [2.24, 2.45) is 0 Å². The third-order valence-corrected chi connectivity index (χ3v) is 6.99. The van der Waals surface area contributed by atoms with Crippen LogP contribution in [-0.4, -0.2) is 33.0 Å². The molecule has 0 aliphatic carbocycles. The van der Waals surface area contributed by atoms with Crippen LogP contribution in [0.2, 0.25) is 5.02 Å². The average molecular weight is 415 g/mol. The molecule has 0 radical (unpaired) electrons. The summed E-state index contributed by atoms with van der Waals surface area (Å²) in [5.74, 6) is 0. The van der Waals surface area contributed by atoms with Crippen molar-refractivity contribution in [1.82, 2.24) is 9.62 Å². The van der Waals surface area contributed by atoms with Crippen LogP contribution in [0, 0.1) is 0 Å². The summed E-state index contributed by atoms with van der Waals surface area (Å²) in [5, 5.41) is 2.75. The van der Waals surface area contributed by atoms with Gasteiger partial charge in [-0.15, -0.1) is 0 Å². The van der Waals surface area contributed by atoms with Crippen LogP contribution in [0.1, 0.15) is 24.4 Å². The van der Waals surface area contributed by atoms with Crippen LogP contribution in [-0.2, 0) is 10.0 Å². The first kappa shape index (κ1) is 19.4. The van der Waals surface area contributed by atoms with Crippen LogP contribution in [0.25, 0.3) is 10.8 Å². The van der Waals surface area contributed by atoms with Crippen LogP contribution in [0.5, 0.6) is 0 Å². The van der Waals surface area contributed by atoms with Crippen LogP contribution in [0.3, 0.4) is 0 Å². The van der Waals surface area contributed by atoms with E-state index in [1.807, 2.05) is 18.2 Å². The Kier molecular flexibility index (Phi) is 5.69. The fraction of sp³-hybridized carbons (Fsp3) is 0.273. The fourth-order valence-corrected chi connectivity index (χ4v) is 5.27. The van der Waals surface area contributed by atoms with Crippen LogP contribution >= 0.6 is 11.6 Å². The number of halogens is 1. The molecule has 1 atom stereocenters. The van der Waals surface area contributed by atoms with Crippen LogP contribution in [0.15, 0.2) is 71.6 Å². The molecule has 6 heteroatoms. The Balaban J connectivity index is 1.66. The number of nitrogens with zero attached hydrogens (tertiary/aromatic N) is 1. The summed E-state index contributed by atoms with van der Waals surface area (Å²) in [6.07, 6.45) is 2.28. The predicted octanol–water partition coefficient (Wildman–Crippen LogP) is 4.61. The number of rotatable bonds is 6. The van der Waals surface area contributed by atoms with Gasteiger partial charge in [0, 0.05) is 17.6 Å². The quantitative estimate of drug-likeness (QED) is 0.640. The highest BCUT2D eigenvalue weighted by molar-refractivity contribution is 7.89. The topological polar surface area (TPSA) is 49.4 Å². The van der Waals surface area contributed by atoms with Crippen molar-refractivity contribution in [3.05, 3.63) is 77.3 Å².